The number of aliphatic hydroxyl groups is 1. The number of carboxylic acids is 1. The molecular weight excluding hydrogens is 458 g/mol. The fourth-order valence-electron chi connectivity index (χ4n) is 4.04. The molecule has 0 aliphatic heterocycles. The summed E-state index contributed by atoms with van der Waals surface area (Å²) < 4.78 is 31.5. The molecule has 0 spiro atoms. The second-order valence-corrected chi connectivity index (χ2v) is 11.3. The topological polar surface area (TPSA) is 113 Å². The molecule has 0 heterocycles. The SMILES string of the molecule is CCCCCCCCCCCCCCCC(=O)[O-].COS(=O)(=O)OC(C)C[N+](C)(C)CC(C)O. The molecule has 2 unspecified atom stereocenters. The van der Waals surface area contributed by atoms with Gasteiger partial charge in [-0.05, 0) is 26.7 Å². The number of quaternary nitrogens is 1. The number of nitrogens with zero attached hydrogens (tertiary/aromatic N) is 1. The zero-order valence-corrected chi connectivity index (χ0v) is 23.5. The van der Waals surface area contributed by atoms with E-state index in [1.165, 1.54) is 70.6 Å². The zero-order chi connectivity index (χ0) is 26.5. The Balaban J connectivity index is 0. The Morgan fingerprint density at radius 1 is 0.853 bits per heavy atom. The van der Waals surface area contributed by atoms with Gasteiger partial charge < -0.3 is 19.5 Å². The van der Waals surface area contributed by atoms with Gasteiger partial charge in [0, 0.05) is 5.97 Å². The highest BCUT2D eigenvalue weighted by molar-refractivity contribution is 7.81. The molecule has 9 heteroatoms. The van der Waals surface area contributed by atoms with E-state index in [1.807, 2.05) is 14.1 Å². The van der Waals surface area contributed by atoms with E-state index in [4.69, 9.17) is 4.18 Å². The van der Waals surface area contributed by atoms with Crippen molar-refractivity contribution in [2.45, 2.75) is 123 Å². The molecule has 0 rings (SSSR count). The molecule has 34 heavy (non-hydrogen) atoms. The molecular formula is C25H53NO7S. The van der Waals surface area contributed by atoms with Crippen molar-refractivity contribution in [3.8, 4) is 0 Å². The average molecular weight is 512 g/mol. The van der Waals surface area contributed by atoms with Gasteiger partial charge in [-0.25, -0.2) is 4.18 Å². The Hall–Kier alpha value is -0.740. The first-order valence-corrected chi connectivity index (χ1v) is 14.4. The lowest BCUT2D eigenvalue weighted by Gasteiger charge is -2.32. The number of aliphatic carboxylic acids is 1. The summed E-state index contributed by atoms with van der Waals surface area (Å²) in [6, 6.07) is 0. The predicted octanol–water partition coefficient (Wildman–Crippen LogP) is 3.96. The summed E-state index contributed by atoms with van der Waals surface area (Å²) in [4.78, 5) is 10.2. The van der Waals surface area contributed by atoms with Crippen molar-refractivity contribution in [1.82, 2.24) is 0 Å². The summed E-state index contributed by atoms with van der Waals surface area (Å²) in [5.74, 6) is -0.905. The van der Waals surface area contributed by atoms with E-state index in [0.29, 0.717) is 17.6 Å². The highest BCUT2D eigenvalue weighted by Gasteiger charge is 2.25. The maximum atomic E-state index is 11.0. The number of rotatable bonds is 21. The number of carboxylic acid groups (broad SMARTS) is 1. The molecule has 0 aliphatic carbocycles. The van der Waals surface area contributed by atoms with Crippen molar-refractivity contribution >= 4 is 16.4 Å². The lowest BCUT2D eigenvalue weighted by Crippen LogP contribution is -2.49. The largest absolute Gasteiger partial charge is 0.550 e. The fraction of sp³-hybridized carbons (Fsp3) is 0.960. The van der Waals surface area contributed by atoms with Crippen LogP contribution in [0.15, 0.2) is 0 Å². The van der Waals surface area contributed by atoms with Crippen LogP contribution in [-0.2, 0) is 23.6 Å². The van der Waals surface area contributed by atoms with Crippen molar-refractivity contribution < 1.29 is 36.3 Å². The summed E-state index contributed by atoms with van der Waals surface area (Å²) in [6.45, 7) is 6.59. The summed E-state index contributed by atoms with van der Waals surface area (Å²) in [7, 11) is 0.951. The van der Waals surface area contributed by atoms with E-state index in [2.05, 4.69) is 11.1 Å². The monoisotopic (exact) mass is 511 g/mol. The van der Waals surface area contributed by atoms with Gasteiger partial charge in [0.1, 0.15) is 25.3 Å². The van der Waals surface area contributed by atoms with Gasteiger partial charge in [0.15, 0.2) is 0 Å². The van der Waals surface area contributed by atoms with Gasteiger partial charge in [0.25, 0.3) is 0 Å². The molecule has 0 aromatic carbocycles. The number of carbonyl (C=O) groups excluding carboxylic acids is 1. The van der Waals surface area contributed by atoms with Gasteiger partial charge >= 0.3 is 10.4 Å². The number of unbranched alkanes of at least 4 members (excludes halogenated alkanes) is 12. The Morgan fingerprint density at radius 3 is 1.62 bits per heavy atom. The number of hydrogen-bond acceptors (Lipinski definition) is 7. The molecule has 0 amide bonds. The molecule has 0 radical (unpaired) electrons. The van der Waals surface area contributed by atoms with Gasteiger partial charge in [-0.1, -0.05) is 84.0 Å². The van der Waals surface area contributed by atoms with Crippen molar-refractivity contribution in [3.63, 3.8) is 0 Å². The summed E-state index contributed by atoms with van der Waals surface area (Å²) in [5, 5.41) is 19.5. The zero-order valence-electron chi connectivity index (χ0n) is 22.7. The van der Waals surface area contributed by atoms with Crippen molar-refractivity contribution in [2.75, 3.05) is 34.3 Å². The van der Waals surface area contributed by atoms with Crippen LogP contribution >= 0.6 is 0 Å². The molecule has 0 saturated carbocycles. The second kappa shape index (κ2) is 21.5. The molecule has 0 aliphatic rings. The van der Waals surface area contributed by atoms with E-state index in [0.717, 1.165) is 20.0 Å². The Bertz CT molecular complexity index is 580. The number of likely N-dealkylation sites (N-methyl/N-ethyl adjacent to an activating group) is 1. The summed E-state index contributed by atoms with van der Waals surface area (Å²) in [5.41, 5.74) is 0. The predicted molar refractivity (Wildman–Crippen MR) is 135 cm³/mol. The van der Waals surface area contributed by atoms with Gasteiger partial charge in [0.2, 0.25) is 0 Å². The van der Waals surface area contributed by atoms with E-state index >= 15 is 0 Å². The molecule has 0 bridgehead atoms. The average Bonchev–Trinajstić information content (AvgIpc) is 2.69. The smallest absolute Gasteiger partial charge is 0.400 e. The molecule has 0 aromatic heterocycles. The number of hydrogen-bond donors (Lipinski definition) is 1. The van der Waals surface area contributed by atoms with Crippen molar-refractivity contribution in [2.24, 2.45) is 0 Å². The van der Waals surface area contributed by atoms with E-state index in [1.54, 1.807) is 13.8 Å². The van der Waals surface area contributed by atoms with Crippen LogP contribution in [0.4, 0.5) is 0 Å². The minimum absolute atomic E-state index is 0.234. The normalized spacial score (nSPS) is 13.7. The van der Waals surface area contributed by atoms with E-state index < -0.39 is 28.6 Å². The number of aliphatic hydroxyl groups excluding tert-OH is 1. The second-order valence-electron chi connectivity index (χ2n) is 10.00. The van der Waals surface area contributed by atoms with Gasteiger partial charge in [-0.15, -0.1) is 0 Å². The Morgan fingerprint density at radius 2 is 1.26 bits per heavy atom. The minimum atomic E-state index is -3.89. The first kappa shape index (κ1) is 35.4. The third-order valence-corrected chi connectivity index (χ3v) is 6.45. The van der Waals surface area contributed by atoms with Crippen LogP contribution in [-0.4, -0.2) is 70.5 Å². The first-order valence-electron chi connectivity index (χ1n) is 13.0. The van der Waals surface area contributed by atoms with Gasteiger partial charge in [-0.3, -0.25) is 4.18 Å². The fourth-order valence-corrected chi connectivity index (χ4v) is 4.59. The molecule has 2 atom stereocenters. The maximum Gasteiger partial charge on any atom is 0.400 e. The molecule has 206 valence electrons. The van der Waals surface area contributed by atoms with E-state index in [-0.39, 0.29) is 6.42 Å². The highest BCUT2D eigenvalue weighted by Crippen LogP contribution is 2.13. The third kappa shape index (κ3) is 27.5. The van der Waals surface area contributed by atoms with Crippen LogP contribution in [0.3, 0.4) is 0 Å². The minimum Gasteiger partial charge on any atom is -0.550 e. The third-order valence-electron chi connectivity index (χ3n) is 5.48. The van der Waals surface area contributed by atoms with Crippen LogP contribution in [0, 0.1) is 0 Å². The van der Waals surface area contributed by atoms with Crippen LogP contribution < -0.4 is 5.11 Å². The Labute approximate surface area is 209 Å². The molecule has 1 N–H and O–H groups in total. The van der Waals surface area contributed by atoms with E-state index in [9.17, 15) is 23.4 Å². The summed E-state index contributed by atoms with van der Waals surface area (Å²) in [6.07, 6.45) is 16.0. The van der Waals surface area contributed by atoms with Gasteiger partial charge in [-0.2, -0.15) is 8.42 Å². The highest BCUT2D eigenvalue weighted by atomic mass is 32.3. The summed E-state index contributed by atoms with van der Waals surface area (Å²) >= 11 is 0. The maximum absolute atomic E-state index is 11.0. The lowest BCUT2D eigenvalue weighted by atomic mass is 10.0. The number of carbonyl (C=O) groups is 1. The molecule has 0 aromatic rings. The van der Waals surface area contributed by atoms with Crippen LogP contribution in [0.2, 0.25) is 0 Å². The van der Waals surface area contributed by atoms with Crippen molar-refractivity contribution in [3.05, 3.63) is 0 Å². The molecule has 0 fully saturated rings. The molecule has 0 saturated heterocycles. The van der Waals surface area contributed by atoms with Crippen LogP contribution in [0.1, 0.15) is 111 Å². The molecule has 8 nitrogen and oxygen atoms in total. The van der Waals surface area contributed by atoms with Gasteiger partial charge in [0.05, 0.1) is 21.2 Å². The van der Waals surface area contributed by atoms with Crippen molar-refractivity contribution in [1.29, 1.82) is 0 Å². The quantitative estimate of drug-likeness (QED) is 0.183. The van der Waals surface area contributed by atoms with Crippen LogP contribution in [0.25, 0.3) is 0 Å². The Kier molecular flexibility index (Phi) is 22.4. The first-order chi connectivity index (χ1) is 15.8. The van der Waals surface area contributed by atoms with Crippen LogP contribution in [0.5, 0.6) is 0 Å². The standard InChI is InChI=1S/C16H32O2.C9H22NO5S/c1-2-3-4-5-6-7-8-9-10-11-12-13-14-15-16(17)18;1-8(11)6-10(3,4)7-9(2)15-16(12,13)14-5/h2-15H2,1H3,(H,17,18);8-9,11H,6-7H2,1-5H3/q;+1/p-1. The lowest BCUT2D eigenvalue weighted by molar-refractivity contribution is -0.895.